The Labute approximate surface area is 136 Å². The number of aromatic amines is 1. The summed E-state index contributed by atoms with van der Waals surface area (Å²) >= 11 is 0. The van der Waals surface area contributed by atoms with Crippen molar-refractivity contribution in [1.29, 1.82) is 0 Å². The molecule has 124 valence electrons. The summed E-state index contributed by atoms with van der Waals surface area (Å²) in [4.78, 5) is 15.6. The number of rotatable bonds is 3. The number of hydrogen-bond donors (Lipinski definition) is 2. The number of H-pyrrole nitrogens is 1. The van der Waals surface area contributed by atoms with Crippen molar-refractivity contribution in [2.75, 3.05) is 0 Å². The highest BCUT2D eigenvalue weighted by molar-refractivity contribution is 6.08. The van der Waals surface area contributed by atoms with Crippen LogP contribution in [0.5, 0.6) is 0 Å². The SMILES string of the molecule is Cc1[nH]c2ccccc2c1C(=O)NCc1ccc(C(F)(F)F)cc1. The lowest BCUT2D eigenvalue weighted by molar-refractivity contribution is -0.137. The van der Waals surface area contributed by atoms with Gasteiger partial charge < -0.3 is 10.3 Å². The van der Waals surface area contributed by atoms with Gasteiger partial charge in [0.15, 0.2) is 0 Å². The highest BCUT2D eigenvalue weighted by Gasteiger charge is 2.29. The van der Waals surface area contributed by atoms with Crippen LogP contribution in [0.4, 0.5) is 13.2 Å². The molecular formula is C18H15F3N2O. The molecule has 3 nitrogen and oxygen atoms in total. The summed E-state index contributed by atoms with van der Waals surface area (Å²) in [5.41, 5.74) is 2.08. The smallest absolute Gasteiger partial charge is 0.358 e. The summed E-state index contributed by atoms with van der Waals surface area (Å²) in [6.07, 6.45) is -4.36. The molecule has 0 saturated heterocycles. The number of para-hydroxylation sites is 1. The summed E-state index contributed by atoms with van der Waals surface area (Å²) in [6, 6.07) is 12.2. The summed E-state index contributed by atoms with van der Waals surface area (Å²) in [6.45, 7) is 1.98. The number of carbonyl (C=O) groups excluding carboxylic acids is 1. The van der Waals surface area contributed by atoms with Gasteiger partial charge in [0.1, 0.15) is 0 Å². The van der Waals surface area contributed by atoms with Gasteiger partial charge in [-0.1, -0.05) is 30.3 Å². The first-order chi connectivity index (χ1) is 11.4. The molecule has 1 aromatic heterocycles. The zero-order valence-corrected chi connectivity index (χ0v) is 12.9. The first-order valence-corrected chi connectivity index (χ1v) is 7.38. The first kappa shape index (κ1) is 16.1. The molecular weight excluding hydrogens is 317 g/mol. The molecule has 0 spiro atoms. The number of fused-ring (bicyclic) bond motifs is 1. The maximum atomic E-state index is 12.5. The molecule has 6 heteroatoms. The predicted molar refractivity (Wildman–Crippen MR) is 85.6 cm³/mol. The summed E-state index contributed by atoms with van der Waals surface area (Å²) in [5.74, 6) is -0.259. The third-order valence-corrected chi connectivity index (χ3v) is 3.85. The molecule has 2 aromatic carbocycles. The van der Waals surface area contributed by atoms with Crippen LogP contribution in [-0.2, 0) is 12.7 Å². The van der Waals surface area contributed by atoms with Crippen LogP contribution in [0.15, 0.2) is 48.5 Å². The molecule has 0 aliphatic heterocycles. The van der Waals surface area contributed by atoms with E-state index in [9.17, 15) is 18.0 Å². The highest BCUT2D eigenvalue weighted by Crippen LogP contribution is 2.29. The van der Waals surface area contributed by atoms with Crippen molar-refractivity contribution in [3.63, 3.8) is 0 Å². The van der Waals surface area contributed by atoms with E-state index in [0.717, 1.165) is 28.7 Å². The van der Waals surface area contributed by atoms with E-state index in [-0.39, 0.29) is 12.5 Å². The van der Waals surface area contributed by atoms with E-state index in [0.29, 0.717) is 11.1 Å². The van der Waals surface area contributed by atoms with Crippen molar-refractivity contribution in [2.24, 2.45) is 0 Å². The Morgan fingerprint density at radius 2 is 1.75 bits per heavy atom. The van der Waals surface area contributed by atoms with Gasteiger partial charge in [-0.2, -0.15) is 13.2 Å². The average molecular weight is 332 g/mol. The van der Waals surface area contributed by atoms with Crippen LogP contribution in [0.25, 0.3) is 10.9 Å². The van der Waals surface area contributed by atoms with Crippen molar-refractivity contribution in [3.8, 4) is 0 Å². The lowest BCUT2D eigenvalue weighted by atomic mass is 10.1. The van der Waals surface area contributed by atoms with Crippen molar-refractivity contribution in [1.82, 2.24) is 10.3 Å². The minimum atomic E-state index is -4.36. The predicted octanol–water partition coefficient (Wildman–Crippen LogP) is 4.43. The van der Waals surface area contributed by atoms with E-state index in [1.165, 1.54) is 12.1 Å². The molecule has 0 aliphatic rings. The Balaban J connectivity index is 1.74. The van der Waals surface area contributed by atoms with Crippen LogP contribution in [0, 0.1) is 6.92 Å². The number of benzene rings is 2. The van der Waals surface area contributed by atoms with Crippen LogP contribution in [0.1, 0.15) is 27.2 Å². The molecule has 0 bridgehead atoms. The monoisotopic (exact) mass is 332 g/mol. The number of hydrogen-bond acceptors (Lipinski definition) is 1. The van der Waals surface area contributed by atoms with Gasteiger partial charge >= 0.3 is 6.18 Å². The molecule has 0 saturated carbocycles. The maximum absolute atomic E-state index is 12.5. The lowest BCUT2D eigenvalue weighted by Crippen LogP contribution is -2.23. The minimum Gasteiger partial charge on any atom is -0.358 e. The fourth-order valence-corrected chi connectivity index (χ4v) is 2.65. The van der Waals surface area contributed by atoms with Gasteiger partial charge in [-0.05, 0) is 30.7 Å². The second-order valence-corrected chi connectivity index (χ2v) is 5.55. The van der Waals surface area contributed by atoms with Gasteiger partial charge in [0.05, 0.1) is 11.1 Å². The van der Waals surface area contributed by atoms with Crippen LogP contribution >= 0.6 is 0 Å². The largest absolute Gasteiger partial charge is 0.416 e. The normalized spacial score (nSPS) is 11.7. The minimum absolute atomic E-state index is 0.163. The number of carbonyl (C=O) groups is 1. The number of alkyl halides is 3. The highest BCUT2D eigenvalue weighted by atomic mass is 19.4. The molecule has 0 atom stereocenters. The van der Waals surface area contributed by atoms with Crippen LogP contribution in [0.3, 0.4) is 0 Å². The molecule has 2 N–H and O–H groups in total. The molecule has 0 radical (unpaired) electrons. The number of aryl methyl sites for hydroxylation is 1. The number of aromatic nitrogens is 1. The van der Waals surface area contributed by atoms with Gasteiger partial charge in [-0.15, -0.1) is 0 Å². The average Bonchev–Trinajstić information content (AvgIpc) is 2.88. The fraction of sp³-hybridized carbons (Fsp3) is 0.167. The maximum Gasteiger partial charge on any atom is 0.416 e. The van der Waals surface area contributed by atoms with Crippen LogP contribution in [-0.4, -0.2) is 10.9 Å². The number of amides is 1. The number of nitrogens with one attached hydrogen (secondary N) is 2. The molecule has 3 rings (SSSR count). The quantitative estimate of drug-likeness (QED) is 0.732. The van der Waals surface area contributed by atoms with Crippen LogP contribution in [0.2, 0.25) is 0 Å². The topological polar surface area (TPSA) is 44.9 Å². The zero-order valence-electron chi connectivity index (χ0n) is 12.9. The second-order valence-electron chi connectivity index (χ2n) is 5.55. The van der Waals surface area contributed by atoms with Gasteiger partial charge in [0.25, 0.3) is 5.91 Å². The Bertz CT molecular complexity index is 879. The van der Waals surface area contributed by atoms with Gasteiger partial charge in [-0.3, -0.25) is 4.79 Å². The van der Waals surface area contributed by atoms with Crippen LogP contribution < -0.4 is 5.32 Å². The summed E-state index contributed by atoms with van der Waals surface area (Å²) in [5, 5.41) is 3.57. The number of halogens is 3. The Kier molecular flexibility index (Phi) is 4.05. The Hall–Kier alpha value is -2.76. The van der Waals surface area contributed by atoms with Gasteiger partial charge in [-0.25, -0.2) is 0 Å². The van der Waals surface area contributed by atoms with E-state index in [1.807, 2.05) is 31.2 Å². The van der Waals surface area contributed by atoms with E-state index in [1.54, 1.807) is 0 Å². The summed E-state index contributed by atoms with van der Waals surface area (Å²) < 4.78 is 37.6. The van der Waals surface area contributed by atoms with Crippen molar-refractivity contribution >= 4 is 16.8 Å². The van der Waals surface area contributed by atoms with E-state index >= 15 is 0 Å². The molecule has 1 heterocycles. The van der Waals surface area contributed by atoms with Crippen molar-refractivity contribution < 1.29 is 18.0 Å². The second kappa shape index (κ2) is 6.03. The molecule has 1 amide bonds. The molecule has 3 aromatic rings. The molecule has 0 fully saturated rings. The van der Waals surface area contributed by atoms with E-state index in [4.69, 9.17) is 0 Å². The van der Waals surface area contributed by atoms with Gasteiger partial charge in [0, 0.05) is 23.1 Å². The third-order valence-electron chi connectivity index (χ3n) is 3.85. The van der Waals surface area contributed by atoms with Crippen molar-refractivity contribution in [3.05, 3.63) is 70.9 Å². The van der Waals surface area contributed by atoms with Crippen molar-refractivity contribution in [2.45, 2.75) is 19.6 Å². The zero-order chi connectivity index (χ0) is 17.3. The Morgan fingerprint density at radius 1 is 1.08 bits per heavy atom. The first-order valence-electron chi connectivity index (χ1n) is 7.38. The Morgan fingerprint density at radius 3 is 2.42 bits per heavy atom. The molecule has 0 unspecified atom stereocenters. The summed E-state index contributed by atoms with van der Waals surface area (Å²) in [7, 11) is 0. The standard InChI is InChI=1S/C18H15F3N2O/c1-11-16(14-4-2-3-5-15(14)23-11)17(24)22-10-12-6-8-13(9-7-12)18(19,20)21/h2-9,23H,10H2,1H3,(H,22,24). The van der Waals surface area contributed by atoms with E-state index < -0.39 is 11.7 Å². The fourth-order valence-electron chi connectivity index (χ4n) is 2.65. The van der Waals surface area contributed by atoms with Gasteiger partial charge in [0.2, 0.25) is 0 Å². The van der Waals surface area contributed by atoms with E-state index in [2.05, 4.69) is 10.3 Å². The third kappa shape index (κ3) is 3.13. The molecule has 24 heavy (non-hydrogen) atoms. The lowest BCUT2D eigenvalue weighted by Gasteiger charge is -2.09. The molecule has 0 aliphatic carbocycles.